The summed E-state index contributed by atoms with van der Waals surface area (Å²) in [6, 6.07) is 5.37. The van der Waals surface area contributed by atoms with Crippen LogP contribution in [0.1, 0.15) is 36.5 Å². The molecule has 2 saturated heterocycles. The number of alkyl halides is 2. The Morgan fingerprint density at radius 1 is 1.21 bits per heavy atom. The Hall–Kier alpha value is -2.59. The Bertz CT molecular complexity index is 1140. The summed E-state index contributed by atoms with van der Waals surface area (Å²) < 4.78 is 25.8. The molecule has 1 amide bonds. The monoisotopic (exact) mass is 472 g/mol. The van der Waals surface area contributed by atoms with Crippen molar-refractivity contribution < 1.29 is 13.6 Å². The van der Waals surface area contributed by atoms with Crippen molar-refractivity contribution in [1.29, 1.82) is 0 Å². The summed E-state index contributed by atoms with van der Waals surface area (Å²) in [4.78, 5) is 24.2. The quantitative estimate of drug-likeness (QED) is 0.567. The first-order chi connectivity index (χ1) is 16.0. The first-order valence-corrected chi connectivity index (χ1v) is 12.1. The summed E-state index contributed by atoms with van der Waals surface area (Å²) >= 11 is 1.52. The van der Waals surface area contributed by atoms with Crippen LogP contribution >= 0.6 is 11.3 Å². The molecular weight excluding hydrogens is 446 g/mol. The maximum absolute atomic E-state index is 13.2. The van der Waals surface area contributed by atoms with Gasteiger partial charge >= 0.3 is 0 Å². The van der Waals surface area contributed by atoms with Crippen LogP contribution in [0.15, 0.2) is 24.4 Å². The molecule has 4 heterocycles. The van der Waals surface area contributed by atoms with Gasteiger partial charge < -0.3 is 10.2 Å². The van der Waals surface area contributed by atoms with Crippen molar-refractivity contribution >= 4 is 28.1 Å². The molecule has 3 atom stereocenters. The maximum atomic E-state index is 13.2. The summed E-state index contributed by atoms with van der Waals surface area (Å²) in [5, 5.41) is 14.0. The third-order valence-electron chi connectivity index (χ3n) is 6.58. The van der Waals surface area contributed by atoms with Gasteiger partial charge in [-0.1, -0.05) is 23.5 Å². The van der Waals surface area contributed by atoms with Crippen molar-refractivity contribution in [3.05, 3.63) is 35.2 Å². The van der Waals surface area contributed by atoms with E-state index in [4.69, 9.17) is 0 Å². The molecule has 1 aromatic carbocycles. The van der Waals surface area contributed by atoms with Gasteiger partial charge in [-0.2, -0.15) is 0 Å². The van der Waals surface area contributed by atoms with E-state index in [9.17, 15) is 13.6 Å². The molecule has 2 aliphatic heterocycles. The number of benzene rings is 1. The van der Waals surface area contributed by atoms with Crippen molar-refractivity contribution in [2.75, 3.05) is 13.3 Å². The minimum absolute atomic E-state index is 0.0173. The average Bonchev–Trinajstić information content (AvgIpc) is 3.37. The molecule has 10 heteroatoms. The standard InChI is InChI=1S/C23H26F2N6OS/c1-13-29-30-23(33-13)14-2-3-15-12-26-21(28-20(15)6-14)9-22(32)31-18-4-5-19(31)8-16(7-18)27-17(10-24)11-25/h2-3,6,12,16-19,27H,4-5,7-11H2,1H3/t16?,18-,19+. The summed E-state index contributed by atoms with van der Waals surface area (Å²) in [6.45, 7) is 0.482. The molecule has 5 rings (SSSR count). The van der Waals surface area contributed by atoms with E-state index in [0.29, 0.717) is 5.82 Å². The number of piperidine rings is 1. The molecule has 174 valence electrons. The number of carbonyl (C=O) groups excluding carboxylic acids is 1. The second-order valence-corrected chi connectivity index (χ2v) is 10.1. The molecular formula is C23H26F2N6OS. The molecule has 0 saturated carbocycles. The summed E-state index contributed by atoms with van der Waals surface area (Å²) in [7, 11) is 0. The van der Waals surface area contributed by atoms with Gasteiger partial charge in [-0.25, -0.2) is 18.7 Å². The highest BCUT2D eigenvalue weighted by atomic mass is 32.1. The van der Waals surface area contributed by atoms with Crippen molar-refractivity contribution in [2.45, 2.75) is 63.2 Å². The third kappa shape index (κ3) is 4.59. The predicted molar refractivity (Wildman–Crippen MR) is 122 cm³/mol. The number of aromatic nitrogens is 4. The molecule has 2 fully saturated rings. The first-order valence-electron chi connectivity index (χ1n) is 11.3. The van der Waals surface area contributed by atoms with Crippen LogP contribution < -0.4 is 5.32 Å². The van der Waals surface area contributed by atoms with E-state index in [-0.39, 0.29) is 30.5 Å². The van der Waals surface area contributed by atoms with Crippen LogP contribution in [0.5, 0.6) is 0 Å². The lowest BCUT2D eigenvalue weighted by Gasteiger charge is -2.40. The first kappa shape index (κ1) is 22.2. The minimum Gasteiger partial charge on any atom is -0.336 e. The molecule has 2 bridgehead atoms. The molecule has 0 radical (unpaired) electrons. The van der Waals surface area contributed by atoms with E-state index < -0.39 is 19.4 Å². The number of hydrogen-bond acceptors (Lipinski definition) is 7. The fourth-order valence-electron chi connectivity index (χ4n) is 5.10. The number of rotatable bonds is 7. The van der Waals surface area contributed by atoms with Crippen LogP contribution in [0.4, 0.5) is 8.78 Å². The van der Waals surface area contributed by atoms with Gasteiger partial charge in [0.2, 0.25) is 5.91 Å². The lowest BCUT2D eigenvalue weighted by Crippen LogP contribution is -2.54. The Morgan fingerprint density at radius 3 is 2.64 bits per heavy atom. The summed E-state index contributed by atoms with van der Waals surface area (Å²) in [5.41, 5.74) is 1.71. The number of amides is 1. The number of hydrogen-bond donors (Lipinski definition) is 1. The second-order valence-electron chi connectivity index (χ2n) is 8.89. The molecule has 0 aliphatic carbocycles. The van der Waals surface area contributed by atoms with Crippen molar-refractivity contribution in [1.82, 2.24) is 30.4 Å². The van der Waals surface area contributed by atoms with Gasteiger partial charge in [-0.3, -0.25) is 4.79 Å². The van der Waals surface area contributed by atoms with E-state index >= 15 is 0 Å². The zero-order chi connectivity index (χ0) is 22.9. The van der Waals surface area contributed by atoms with E-state index in [1.54, 1.807) is 6.20 Å². The summed E-state index contributed by atoms with van der Waals surface area (Å²) in [6.07, 6.45) is 5.19. The van der Waals surface area contributed by atoms with Gasteiger partial charge in [0.1, 0.15) is 29.2 Å². The second kappa shape index (κ2) is 9.34. The molecule has 1 N–H and O–H groups in total. The van der Waals surface area contributed by atoms with Crippen LogP contribution in [0.2, 0.25) is 0 Å². The van der Waals surface area contributed by atoms with Gasteiger partial charge in [0.05, 0.1) is 18.0 Å². The number of aryl methyl sites for hydroxylation is 1. The van der Waals surface area contributed by atoms with E-state index in [1.165, 1.54) is 11.3 Å². The van der Waals surface area contributed by atoms with E-state index in [0.717, 1.165) is 52.2 Å². The van der Waals surface area contributed by atoms with Gasteiger partial charge in [0, 0.05) is 35.3 Å². The van der Waals surface area contributed by atoms with Crippen LogP contribution in [0, 0.1) is 6.92 Å². The van der Waals surface area contributed by atoms with Crippen molar-refractivity contribution in [2.24, 2.45) is 0 Å². The van der Waals surface area contributed by atoms with Crippen LogP contribution in [0.3, 0.4) is 0 Å². The molecule has 33 heavy (non-hydrogen) atoms. The average molecular weight is 473 g/mol. The molecule has 1 unspecified atom stereocenters. The molecule has 0 spiro atoms. The Labute approximate surface area is 194 Å². The molecule has 3 aromatic rings. The van der Waals surface area contributed by atoms with Crippen molar-refractivity contribution in [3.8, 4) is 10.6 Å². The zero-order valence-electron chi connectivity index (χ0n) is 18.4. The largest absolute Gasteiger partial charge is 0.336 e. The van der Waals surface area contributed by atoms with Crippen molar-refractivity contribution in [3.63, 3.8) is 0 Å². The van der Waals surface area contributed by atoms with Gasteiger partial charge in [0.15, 0.2) is 0 Å². The lowest BCUT2D eigenvalue weighted by molar-refractivity contribution is -0.135. The van der Waals surface area contributed by atoms with Gasteiger partial charge in [0.25, 0.3) is 0 Å². The van der Waals surface area contributed by atoms with E-state index in [1.807, 2.05) is 30.0 Å². The normalized spacial score (nSPS) is 22.4. The third-order valence-corrected chi connectivity index (χ3v) is 7.47. The minimum atomic E-state index is -0.753. The highest BCUT2D eigenvalue weighted by Crippen LogP contribution is 2.36. The fourth-order valence-corrected chi connectivity index (χ4v) is 5.79. The Balaban J connectivity index is 1.29. The van der Waals surface area contributed by atoms with E-state index in [2.05, 4.69) is 25.5 Å². The topological polar surface area (TPSA) is 83.9 Å². The molecule has 2 aromatic heterocycles. The van der Waals surface area contributed by atoms with Crippen LogP contribution in [-0.4, -0.2) is 68.5 Å². The highest BCUT2D eigenvalue weighted by Gasteiger charge is 2.43. The zero-order valence-corrected chi connectivity index (χ0v) is 19.2. The Morgan fingerprint density at radius 2 is 1.97 bits per heavy atom. The summed E-state index contributed by atoms with van der Waals surface area (Å²) in [5.74, 6) is 0.511. The maximum Gasteiger partial charge on any atom is 0.230 e. The molecule has 2 aliphatic rings. The number of nitrogens with zero attached hydrogens (tertiary/aromatic N) is 5. The highest BCUT2D eigenvalue weighted by molar-refractivity contribution is 7.14. The molecule has 7 nitrogen and oxygen atoms in total. The Kier molecular flexibility index (Phi) is 6.29. The fraction of sp³-hybridized carbons (Fsp3) is 0.522. The van der Waals surface area contributed by atoms with Gasteiger partial charge in [-0.15, -0.1) is 10.2 Å². The van der Waals surface area contributed by atoms with Gasteiger partial charge in [-0.05, 0) is 38.7 Å². The number of carbonyl (C=O) groups is 1. The predicted octanol–water partition coefficient (Wildman–Crippen LogP) is 3.42. The SMILES string of the molecule is Cc1nnc(-c2ccc3cnc(CC(=O)N4[C@@H]5CC[C@H]4CC(NC(CF)CF)C5)nc3c2)s1. The number of fused-ring (bicyclic) bond motifs is 3. The lowest BCUT2D eigenvalue weighted by atomic mass is 9.96. The van der Waals surface area contributed by atoms with Crippen LogP contribution in [-0.2, 0) is 11.2 Å². The smallest absolute Gasteiger partial charge is 0.230 e. The number of nitrogens with one attached hydrogen (secondary N) is 1. The van der Waals surface area contributed by atoms with Crippen LogP contribution in [0.25, 0.3) is 21.5 Å². The number of halogens is 2.